The van der Waals surface area contributed by atoms with E-state index in [1.807, 2.05) is 30.3 Å². The van der Waals surface area contributed by atoms with Crippen molar-refractivity contribution in [1.82, 2.24) is 10.2 Å². The Labute approximate surface area is 331 Å². The van der Waals surface area contributed by atoms with E-state index in [0.29, 0.717) is 6.54 Å². The molecule has 1 amide bonds. The highest BCUT2D eigenvalue weighted by atomic mass is 16.7. The fourth-order valence-corrected chi connectivity index (χ4v) is 7.47. The summed E-state index contributed by atoms with van der Waals surface area (Å²) in [6.07, 6.45) is 13.8. The van der Waals surface area contributed by atoms with Crippen LogP contribution in [0.3, 0.4) is 0 Å². The third-order valence-corrected chi connectivity index (χ3v) is 10.8. The van der Waals surface area contributed by atoms with Crippen molar-refractivity contribution in [3.8, 4) is 11.1 Å². The summed E-state index contributed by atoms with van der Waals surface area (Å²) >= 11 is 0. The van der Waals surface area contributed by atoms with Crippen LogP contribution in [0.15, 0.2) is 72.8 Å². The summed E-state index contributed by atoms with van der Waals surface area (Å²) < 4.78 is 18.9. The van der Waals surface area contributed by atoms with Crippen LogP contribution in [0.1, 0.15) is 146 Å². The number of rotatable bonds is 24. The largest absolute Gasteiger partial charge is 0.453 e. The van der Waals surface area contributed by atoms with Gasteiger partial charge >= 0.3 is 5.97 Å². The number of esters is 1. The van der Waals surface area contributed by atoms with E-state index < -0.39 is 18.4 Å². The molecular formula is C47H68N2O6. The molecule has 4 rings (SSSR count). The van der Waals surface area contributed by atoms with E-state index >= 15 is 0 Å². The molecular weight excluding hydrogens is 689 g/mol. The molecule has 5 atom stereocenters. The van der Waals surface area contributed by atoms with Gasteiger partial charge in [-0.15, -0.1) is 0 Å². The molecule has 1 heterocycles. The minimum Gasteiger partial charge on any atom is -0.453 e. The Morgan fingerprint density at radius 1 is 0.764 bits per heavy atom. The first kappa shape index (κ1) is 44.2. The van der Waals surface area contributed by atoms with E-state index in [-0.39, 0.29) is 30.6 Å². The lowest BCUT2D eigenvalue weighted by atomic mass is 9.89. The molecule has 8 nitrogen and oxygen atoms in total. The van der Waals surface area contributed by atoms with Crippen molar-refractivity contribution in [2.45, 2.75) is 149 Å². The van der Waals surface area contributed by atoms with Gasteiger partial charge in [0.15, 0.2) is 12.4 Å². The molecule has 1 saturated heterocycles. The maximum Gasteiger partial charge on any atom is 0.303 e. The zero-order chi connectivity index (χ0) is 39.4. The monoisotopic (exact) mass is 757 g/mol. The smallest absolute Gasteiger partial charge is 0.303 e. The first-order valence-electron chi connectivity index (χ1n) is 21.1. The molecule has 0 bridgehead atoms. The predicted octanol–water partition coefficient (Wildman–Crippen LogP) is 10.2. The van der Waals surface area contributed by atoms with Crippen LogP contribution in [0.4, 0.5) is 0 Å². The first-order valence-corrected chi connectivity index (χ1v) is 21.1. The molecule has 0 aromatic heterocycles. The standard InChI is InChI=1S/C47H68N2O6/c1-6-8-10-12-14-16-28-49(29-17-15-13-11-9-7-2)33-44-35(3)45(40-26-24-38(34-50)25-27-40)55-47(54-44)43-23-19-22-42(31-43)41-21-18-20-39(30-41)32-48-46(52)36(4)53-37(5)51/h18-27,30-31,35-36,44-45,47,50H,6-17,28-29,32-34H2,1-5H3,(H,48,52). The Hall–Kier alpha value is -3.56. The Morgan fingerprint density at radius 3 is 1.98 bits per heavy atom. The lowest BCUT2D eigenvalue weighted by Gasteiger charge is -2.43. The average molecular weight is 757 g/mol. The van der Waals surface area contributed by atoms with E-state index in [1.54, 1.807) is 6.92 Å². The van der Waals surface area contributed by atoms with Crippen LogP contribution in [-0.2, 0) is 37.0 Å². The summed E-state index contributed by atoms with van der Waals surface area (Å²) in [4.78, 5) is 26.4. The third kappa shape index (κ3) is 14.8. The Balaban J connectivity index is 1.54. The van der Waals surface area contributed by atoms with Crippen LogP contribution in [0.5, 0.6) is 0 Å². The van der Waals surface area contributed by atoms with Crippen molar-refractivity contribution in [2.75, 3.05) is 19.6 Å². The summed E-state index contributed by atoms with van der Waals surface area (Å²) in [5.41, 5.74) is 5.91. The minimum absolute atomic E-state index is 0.00926. The summed E-state index contributed by atoms with van der Waals surface area (Å²) in [6.45, 7) is 13.0. The lowest BCUT2D eigenvalue weighted by molar-refractivity contribution is -0.276. The second-order valence-electron chi connectivity index (χ2n) is 15.5. The Bertz CT molecular complexity index is 1540. The molecule has 1 aliphatic rings. The molecule has 3 aromatic rings. The van der Waals surface area contributed by atoms with Crippen molar-refractivity contribution < 1.29 is 28.9 Å². The van der Waals surface area contributed by atoms with Gasteiger partial charge in [-0.3, -0.25) is 9.59 Å². The Morgan fingerprint density at radius 2 is 1.36 bits per heavy atom. The van der Waals surface area contributed by atoms with Crippen LogP contribution in [0.2, 0.25) is 0 Å². The molecule has 0 radical (unpaired) electrons. The first-order chi connectivity index (χ1) is 26.7. The number of nitrogens with zero attached hydrogens (tertiary/aromatic N) is 1. The van der Waals surface area contributed by atoms with Crippen LogP contribution in [0, 0.1) is 5.92 Å². The predicted molar refractivity (Wildman–Crippen MR) is 221 cm³/mol. The normalized spacial score (nSPS) is 19.0. The van der Waals surface area contributed by atoms with Gasteiger partial charge in [-0.25, -0.2) is 0 Å². The number of hydrogen-bond donors (Lipinski definition) is 2. The van der Waals surface area contributed by atoms with Crippen LogP contribution < -0.4 is 5.32 Å². The molecule has 302 valence electrons. The van der Waals surface area contributed by atoms with Gasteiger partial charge in [-0.1, -0.05) is 146 Å². The van der Waals surface area contributed by atoms with Gasteiger partial charge in [-0.2, -0.15) is 0 Å². The molecule has 0 spiro atoms. The molecule has 55 heavy (non-hydrogen) atoms. The number of aliphatic hydroxyl groups is 1. The number of carbonyl (C=O) groups is 2. The highest BCUT2D eigenvalue weighted by Gasteiger charge is 2.39. The number of benzene rings is 3. The van der Waals surface area contributed by atoms with Gasteiger partial charge in [0.1, 0.15) is 0 Å². The number of hydrogen-bond acceptors (Lipinski definition) is 7. The van der Waals surface area contributed by atoms with E-state index in [2.05, 4.69) is 73.5 Å². The van der Waals surface area contributed by atoms with Crippen LogP contribution >= 0.6 is 0 Å². The topological polar surface area (TPSA) is 97.3 Å². The van der Waals surface area contributed by atoms with Crippen molar-refractivity contribution in [3.05, 3.63) is 95.1 Å². The number of amides is 1. The summed E-state index contributed by atoms with van der Waals surface area (Å²) in [5, 5.41) is 12.6. The number of aliphatic hydroxyl groups excluding tert-OH is 1. The second-order valence-corrected chi connectivity index (χ2v) is 15.5. The van der Waals surface area contributed by atoms with Gasteiger partial charge in [-0.05, 0) is 72.8 Å². The zero-order valence-electron chi connectivity index (χ0n) is 34.3. The summed E-state index contributed by atoms with van der Waals surface area (Å²) in [7, 11) is 0. The molecule has 3 aromatic carbocycles. The zero-order valence-corrected chi connectivity index (χ0v) is 34.3. The molecule has 0 saturated carbocycles. The van der Waals surface area contributed by atoms with Gasteiger partial charge in [0, 0.05) is 31.5 Å². The molecule has 5 unspecified atom stereocenters. The number of ether oxygens (including phenoxy) is 3. The summed E-state index contributed by atoms with van der Waals surface area (Å²) in [6, 6.07) is 24.6. The highest BCUT2D eigenvalue weighted by Crippen LogP contribution is 2.42. The molecule has 1 aliphatic heterocycles. The lowest BCUT2D eigenvalue weighted by Crippen LogP contribution is -2.45. The van der Waals surface area contributed by atoms with Gasteiger partial charge in [0.2, 0.25) is 0 Å². The number of nitrogens with one attached hydrogen (secondary N) is 1. The Kier molecular flexibility index (Phi) is 19.4. The van der Waals surface area contributed by atoms with Gasteiger partial charge < -0.3 is 29.5 Å². The molecule has 0 aliphatic carbocycles. The van der Waals surface area contributed by atoms with E-state index in [0.717, 1.165) is 53.0 Å². The second kappa shape index (κ2) is 24.2. The van der Waals surface area contributed by atoms with E-state index in [4.69, 9.17) is 14.2 Å². The fraction of sp³-hybridized carbons (Fsp3) is 0.574. The number of carbonyl (C=O) groups excluding carboxylic acids is 2. The number of unbranched alkanes of at least 4 members (excludes halogenated alkanes) is 10. The molecule has 8 heteroatoms. The van der Waals surface area contributed by atoms with Crippen LogP contribution in [-0.4, -0.2) is 53.7 Å². The quantitative estimate of drug-likeness (QED) is 0.0694. The maximum atomic E-state index is 12.5. The summed E-state index contributed by atoms with van der Waals surface area (Å²) in [5.74, 6) is -0.705. The van der Waals surface area contributed by atoms with Crippen molar-refractivity contribution in [3.63, 3.8) is 0 Å². The minimum atomic E-state index is -0.853. The fourth-order valence-electron chi connectivity index (χ4n) is 7.47. The van der Waals surface area contributed by atoms with Crippen molar-refractivity contribution >= 4 is 11.9 Å². The van der Waals surface area contributed by atoms with E-state index in [1.165, 1.54) is 84.0 Å². The van der Waals surface area contributed by atoms with E-state index in [9.17, 15) is 14.7 Å². The van der Waals surface area contributed by atoms with Gasteiger partial charge in [0.05, 0.1) is 18.8 Å². The average Bonchev–Trinajstić information content (AvgIpc) is 3.20. The van der Waals surface area contributed by atoms with Crippen LogP contribution in [0.25, 0.3) is 11.1 Å². The maximum absolute atomic E-state index is 12.5. The van der Waals surface area contributed by atoms with Gasteiger partial charge in [0.25, 0.3) is 5.91 Å². The molecule has 1 fully saturated rings. The van der Waals surface area contributed by atoms with Crippen molar-refractivity contribution in [2.24, 2.45) is 5.92 Å². The third-order valence-electron chi connectivity index (χ3n) is 10.8. The van der Waals surface area contributed by atoms with Crippen molar-refractivity contribution in [1.29, 1.82) is 0 Å². The SMILES string of the molecule is CCCCCCCCN(CCCCCCCC)CC1OC(c2cccc(-c3cccc(CNC(=O)C(C)OC(C)=O)c3)c2)OC(c2ccc(CO)cc2)C1C. The highest BCUT2D eigenvalue weighted by molar-refractivity contribution is 5.82. The molecule has 2 N–H and O–H groups in total.